The van der Waals surface area contributed by atoms with Crippen molar-refractivity contribution >= 4 is 17.0 Å². The van der Waals surface area contributed by atoms with Crippen molar-refractivity contribution in [2.24, 2.45) is 0 Å². The second kappa shape index (κ2) is 7.80. The number of rotatable bonds is 4. The van der Waals surface area contributed by atoms with E-state index >= 15 is 0 Å². The molecule has 0 aliphatic rings. The molecule has 0 spiro atoms. The van der Waals surface area contributed by atoms with E-state index in [1.807, 2.05) is 6.08 Å². The van der Waals surface area contributed by atoms with E-state index in [-0.39, 0.29) is 17.0 Å². The predicted octanol–water partition coefficient (Wildman–Crippen LogP) is 4.05. The van der Waals surface area contributed by atoms with E-state index in [0.717, 1.165) is 18.4 Å². The fourth-order valence-electron chi connectivity index (χ4n) is 0.648. The normalized spacial score (nSPS) is 7.82. The summed E-state index contributed by atoms with van der Waals surface area (Å²) in [5.74, 6) is 0. The Morgan fingerprint density at radius 2 is 1.91 bits per heavy atom. The molecule has 0 aliphatic carbocycles. The largest absolute Gasteiger partial charge is 0.114 e. The molecule has 0 saturated heterocycles. The van der Waals surface area contributed by atoms with E-state index in [4.69, 9.17) is 0 Å². The van der Waals surface area contributed by atoms with Gasteiger partial charge in [0.25, 0.3) is 0 Å². The van der Waals surface area contributed by atoms with Crippen molar-refractivity contribution in [3.8, 4) is 0 Å². The zero-order valence-electron chi connectivity index (χ0n) is 7.39. The maximum atomic E-state index is 3.82. The number of allylic oxidation sites excluding steroid dienone is 4. The fraction of sp³-hybridized carbons (Fsp3) is 0.400. The SMILES string of the molecule is Br.C=CC(=C)CCC=C(C)C. The molecule has 0 radical (unpaired) electrons. The standard InChI is InChI=1S/C10H16.BrH/c1-5-10(4)8-6-7-9(2)3;/h5,7H,1,4,6,8H2,2-3H3;1H. The molecule has 1 heteroatoms. The van der Waals surface area contributed by atoms with Crippen molar-refractivity contribution in [1.82, 2.24) is 0 Å². The van der Waals surface area contributed by atoms with Crippen LogP contribution in [0.2, 0.25) is 0 Å². The average molecular weight is 217 g/mol. The maximum absolute atomic E-state index is 3.82. The van der Waals surface area contributed by atoms with Crippen LogP contribution in [0.1, 0.15) is 26.7 Å². The van der Waals surface area contributed by atoms with E-state index in [2.05, 4.69) is 33.1 Å². The highest BCUT2D eigenvalue weighted by atomic mass is 79.9. The van der Waals surface area contributed by atoms with Crippen LogP contribution < -0.4 is 0 Å². The van der Waals surface area contributed by atoms with Gasteiger partial charge in [0.05, 0.1) is 0 Å². The number of hydrogen-bond donors (Lipinski definition) is 0. The lowest BCUT2D eigenvalue weighted by atomic mass is 10.1. The van der Waals surface area contributed by atoms with Crippen LogP contribution in [-0.2, 0) is 0 Å². The van der Waals surface area contributed by atoms with Gasteiger partial charge < -0.3 is 0 Å². The van der Waals surface area contributed by atoms with E-state index in [9.17, 15) is 0 Å². The number of halogens is 1. The van der Waals surface area contributed by atoms with Gasteiger partial charge in [-0.1, -0.05) is 36.5 Å². The van der Waals surface area contributed by atoms with E-state index in [1.54, 1.807) is 0 Å². The van der Waals surface area contributed by atoms with Gasteiger partial charge in [0.2, 0.25) is 0 Å². The molecule has 0 unspecified atom stereocenters. The summed E-state index contributed by atoms with van der Waals surface area (Å²) in [6, 6.07) is 0. The molecule has 0 amide bonds. The van der Waals surface area contributed by atoms with Crippen LogP contribution >= 0.6 is 17.0 Å². The molecule has 0 fully saturated rings. The van der Waals surface area contributed by atoms with Gasteiger partial charge in [0, 0.05) is 0 Å². The number of hydrogen-bond acceptors (Lipinski definition) is 0. The molecule has 0 nitrogen and oxygen atoms in total. The lowest BCUT2D eigenvalue weighted by molar-refractivity contribution is 0.999. The molecular weight excluding hydrogens is 200 g/mol. The molecule has 0 saturated carbocycles. The Labute approximate surface area is 80.5 Å². The molecule has 0 aromatic heterocycles. The Hall–Kier alpha value is -0.300. The topological polar surface area (TPSA) is 0 Å². The molecule has 64 valence electrons. The monoisotopic (exact) mass is 216 g/mol. The van der Waals surface area contributed by atoms with Crippen molar-refractivity contribution < 1.29 is 0 Å². The lowest BCUT2D eigenvalue weighted by Crippen LogP contribution is -1.74. The summed E-state index contributed by atoms with van der Waals surface area (Å²) in [4.78, 5) is 0. The van der Waals surface area contributed by atoms with Crippen LogP contribution in [0.15, 0.2) is 36.5 Å². The van der Waals surface area contributed by atoms with Crippen molar-refractivity contribution in [3.63, 3.8) is 0 Å². The zero-order chi connectivity index (χ0) is 7.98. The summed E-state index contributed by atoms with van der Waals surface area (Å²) in [7, 11) is 0. The van der Waals surface area contributed by atoms with E-state index in [0.29, 0.717) is 0 Å². The summed E-state index contributed by atoms with van der Waals surface area (Å²) >= 11 is 0. The van der Waals surface area contributed by atoms with E-state index in [1.165, 1.54) is 5.57 Å². The van der Waals surface area contributed by atoms with Crippen molar-refractivity contribution in [2.45, 2.75) is 26.7 Å². The molecule has 0 N–H and O–H groups in total. The predicted molar refractivity (Wildman–Crippen MR) is 58.3 cm³/mol. The highest BCUT2D eigenvalue weighted by Gasteiger charge is 1.84. The first-order valence-corrected chi connectivity index (χ1v) is 3.60. The van der Waals surface area contributed by atoms with Crippen molar-refractivity contribution in [3.05, 3.63) is 36.5 Å². The third kappa shape index (κ3) is 9.70. The first-order chi connectivity index (χ1) is 4.66. The Morgan fingerprint density at radius 1 is 1.36 bits per heavy atom. The summed E-state index contributed by atoms with van der Waals surface area (Å²) in [6.07, 6.45) is 6.16. The maximum Gasteiger partial charge on any atom is -0.0250 e. The molecule has 0 heterocycles. The molecule has 0 aliphatic heterocycles. The van der Waals surface area contributed by atoms with E-state index < -0.39 is 0 Å². The molecule has 0 aromatic rings. The Morgan fingerprint density at radius 3 is 2.27 bits per heavy atom. The first kappa shape index (κ1) is 13.3. The van der Waals surface area contributed by atoms with Gasteiger partial charge in [-0.15, -0.1) is 17.0 Å². The second-order valence-corrected chi connectivity index (χ2v) is 2.68. The van der Waals surface area contributed by atoms with Crippen LogP contribution in [0.25, 0.3) is 0 Å². The Bertz CT molecular complexity index is 150. The van der Waals surface area contributed by atoms with Gasteiger partial charge in [0.1, 0.15) is 0 Å². The highest BCUT2D eigenvalue weighted by Crippen LogP contribution is 2.04. The second-order valence-electron chi connectivity index (χ2n) is 2.68. The quantitative estimate of drug-likeness (QED) is 0.492. The average Bonchev–Trinajstić information content (AvgIpc) is 1.87. The van der Waals surface area contributed by atoms with Gasteiger partial charge in [-0.2, -0.15) is 0 Å². The van der Waals surface area contributed by atoms with Gasteiger partial charge >= 0.3 is 0 Å². The third-order valence-corrected chi connectivity index (χ3v) is 1.31. The van der Waals surface area contributed by atoms with Crippen LogP contribution in [0.4, 0.5) is 0 Å². The Balaban J connectivity index is 0. The van der Waals surface area contributed by atoms with Crippen LogP contribution in [0, 0.1) is 0 Å². The smallest absolute Gasteiger partial charge is 0.0250 e. The third-order valence-electron chi connectivity index (χ3n) is 1.31. The minimum Gasteiger partial charge on any atom is -0.114 e. The molecule has 0 rings (SSSR count). The van der Waals surface area contributed by atoms with Gasteiger partial charge in [-0.25, -0.2) is 0 Å². The summed E-state index contributed by atoms with van der Waals surface area (Å²) in [5, 5.41) is 0. The summed E-state index contributed by atoms with van der Waals surface area (Å²) < 4.78 is 0. The molecule has 0 bridgehead atoms. The first-order valence-electron chi connectivity index (χ1n) is 3.60. The van der Waals surface area contributed by atoms with Crippen molar-refractivity contribution in [1.29, 1.82) is 0 Å². The minimum atomic E-state index is 0. The van der Waals surface area contributed by atoms with Crippen LogP contribution in [0.3, 0.4) is 0 Å². The van der Waals surface area contributed by atoms with Gasteiger partial charge in [-0.3, -0.25) is 0 Å². The highest BCUT2D eigenvalue weighted by molar-refractivity contribution is 8.93. The lowest BCUT2D eigenvalue weighted by Gasteiger charge is -1.94. The molecule has 0 aromatic carbocycles. The molecular formula is C10H17Br. The summed E-state index contributed by atoms with van der Waals surface area (Å²) in [6.45, 7) is 11.7. The van der Waals surface area contributed by atoms with Crippen molar-refractivity contribution in [2.75, 3.05) is 0 Å². The zero-order valence-corrected chi connectivity index (χ0v) is 9.10. The summed E-state index contributed by atoms with van der Waals surface area (Å²) in [5.41, 5.74) is 2.49. The van der Waals surface area contributed by atoms with Crippen LogP contribution in [-0.4, -0.2) is 0 Å². The fourth-order valence-corrected chi connectivity index (χ4v) is 0.648. The molecule has 11 heavy (non-hydrogen) atoms. The minimum absolute atomic E-state index is 0. The van der Waals surface area contributed by atoms with Crippen LogP contribution in [0.5, 0.6) is 0 Å². The molecule has 0 atom stereocenters. The van der Waals surface area contributed by atoms with Gasteiger partial charge in [-0.05, 0) is 26.7 Å². The van der Waals surface area contributed by atoms with Gasteiger partial charge in [0.15, 0.2) is 0 Å². The Kier molecular flexibility index (Phi) is 9.44.